The zero-order valence-electron chi connectivity index (χ0n) is 19.9. The fourth-order valence-corrected chi connectivity index (χ4v) is 3.79. The molecular formula is C27H22O12. The summed E-state index contributed by atoms with van der Waals surface area (Å²) in [7, 11) is 0. The number of carbonyl (C=O) groups excluding carboxylic acids is 1. The second-order valence-corrected chi connectivity index (χ2v) is 8.49. The van der Waals surface area contributed by atoms with Crippen molar-refractivity contribution in [3.05, 3.63) is 77.4 Å². The van der Waals surface area contributed by atoms with Gasteiger partial charge in [0.05, 0.1) is 0 Å². The van der Waals surface area contributed by atoms with Gasteiger partial charge in [0.25, 0.3) is 0 Å². The molecule has 0 unspecified atom stereocenters. The maximum atomic E-state index is 12.3. The van der Waals surface area contributed by atoms with Crippen molar-refractivity contribution in [2.24, 2.45) is 0 Å². The summed E-state index contributed by atoms with van der Waals surface area (Å²) in [6, 6.07) is 11.9. The molecule has 3 aromatic carbocycles. The number of carbonyl (C=O) groups is 3. The van der Waals surface area contributed by atoms with Crippen molar-refractivity contribution in [3.63, 3.8) is 0 Å². The average Bonchev–Trinajstić information content (AvgIpc) is 2.89. The molecule has 12 nitrogen and oxygen atoms in total. The minimum Gasteiger partial charge on any atom is -0.504 e. The van der Waals surface area contributed by atoms with Gasteiger partial charge in [-0.15, -0.1) is 0 Å². The predicted molar refractivity (Wildman–Crippen MR) is 132 cm³/mol. The van der Waals surface area contributed by atoms with Crippen molar-refractivity contribution in [2.75, 3.05) is 0 Å². The van der Waals surface area contributed by atoms with Crippen LogP contribution in [0.1, 0.15) is 22.8 Å². The minimum atomic E-state index is -1.57. The number of hydrogen-bond acceptors (Lipinski definition) is 10. The van der Waals surface area contributed by atoms with Crippen LogP contribution in [0, 0.1) is 0 Å². The number of esters is 1. The Balaban J connectivity index is 1.47. The normalized spacial score (nSPS) is 16.9. The summed E-state index contributed by atoms with van der Waals surface area (Å²) >= 11 is 0. The van der Waals surface area contributed by atoms with Gasteiger partial charge >= 0.3 is 17.9 Å². The molecule has 6 N–H and O–H groups in total. The lowest BCUT2D eigenvalue weighted by Crippen LogP contribution is -2.39. The summed E-state index contributed by atoms with van der Waals surface area (Å²) < 4.78 is 16.4. The molecule has 0 amide bonds. The molecular weight excluding hydrogens is 516 g/mol. The molecule has 0 saturated carbocycles. The highest BCUT2D eigenvalue weighted by molar-refractivity contribution is 5.89. The van der Waals surface area contributed by atoms with E-state index in [1.807, 2.05) is 0 Å². The summed E-state index contributed by atoms with van der Waals surface area (Å²) in [6.45, 7) is 0. The Bertz CT molecular complexity index is 1460. The van der Waals surface area contributed by atoms with Crippen LogP contribution in [0.4, 0.5) is 0 Å². The van der Waals surface area contributed by atoms with Gasteiger partial charge in [-0.3, -0.25) is 0 Å². The number of benzene rings is 3. The molecule has 1 aliphatic rings. The van der Waals surface area contributed by atoms with E-state index in [-0.39, 0.29) is 35.0 Å². The Labute approximate surface area is 220 Å². The van der Waals surface area contributed by atoms with Gasteiger partial charge < -0.3 is 44.8 Å². The second-order valence-electron chi connectivity index (χ2n) is 8.49. The summed E-state index contributed by atoms with van der Waals surface area (Å²) in [6.07, 6.45) is -2.19. The van der Waals surface area contributed by atoms with Gasteiger partial charge in [0, 0.05) is 18.1 Å². The Morgan fingerprint density at radius 2 is 1.51 bits per heavy atom. The smallest absolute Gasteiger partial charge is 0.349 e. The fraction of sp³-hybridized carbons (Fsp3) is 0.148. The summed E-state index contributed by atoms with van der Waals surface area (Å²) in [5.41, 5.74) is 0.954. The summed E-state index contributed by atoms with van der Waals surface area (Å²) in [4.78, 5) is 35.7. The third kappa shape index (κ3) is 6.13. The molecule has 3 aromatic rings. The molecule has 39 heavy (non-hydrogen) atoms. The molecule has 4 rings (SSSR count). The number of aromatic hydroxyl groups is 4. The molecule has 0 aliphatic carbocycles. The van der Waals surface area contributed by atoms with E-state index < -0.39 is 47.7 Å². The highest BCUT2D eigenvalue weighted by Gasteiger charge is 2.38. The zero-order valence-corrected chi connectivity index (χ0v) is 19.9. The Morgan fingerprint density at radius 1 is 0.821 bits per heavy atom. The van der Waals surface area contributed by atoms with E-state index in [0.717, 1.165) is 12.1 Å². The van der Waals surface area contributed by atoms with Crippen LogP contribution in [-0.2, 0) is 25.5 Å². The number of phenolic OH excluding ortho intramolecular Hbond substituents is 4. The SMILES string of the molecule is O=C(/C=C/c1ccc2c(c1)O[C@@H](C(=O)O)[C@@H](c1ccc(O)c(O)c1)O2)O[C@H](Cc1ccc(O)c(O)c1)C(=O)O. The van der Waals surface area contributed by atoms with Crippen LogP contribution in [0.25, 0.3) is 6.08 Å². The lowest BCUT2D eigenvalue weighted by Gasteiger charge is -2.32. The minimum absolute atomic E-state index is 0.0627. The van der Waals surface area contributed by atoms with Crippen molar-refractivity contribution in [3.8, 4) is 34.5 Å². The molecule has 0 saturated heterocycles. The van der Waals surface area contributed by atoms with Gasteiger partial charge in [0.15, 0.2) is 40.6 Å². The van der Waals surface area contributed by atoms with Gasteiger partial charge in [0.1, 0.15) is 0 Å². The highest BCUT2D eigenvalue weighted by atomic mass is 16.6. The highest BCUT2D eigenvalue weighted by Crippen LogP contribution is 2.41. The number of rotatable bonds is 8. The van der Waals surface area contributed by atoms with Gasteiger partial charge in [-0.2, -0.15) is 0 Å². The molecule has 0 radical (unpaired) electrons. The number of aliphatic carboxylic acids is 2. The van der Waals surface area contributed by atoms with Crippen molar-refractivity contribution in [1.29, 1.82) is 0 Å². The van der Waals surface area contributed by atoms with Crippen LogP contribution in [0.2, 0.25) is 0 Å². The number of carboxylic acids is 2. The second kappa shape index (κ2) is 10.9. The van der Waals surface area contributed by atoms with Crippen molar-refractivity contribution >= 4 is 24.0 Å². The third-order valence-electron chi connectivity index (χ3n) is 5.73. The van der Waals surface area contributed by atoms with Crippen LogP contribution in [0.5, 0.6) is 34.5 Å². The number of phenols is 4. The van der Waals surface area contributed by atoms with Gasteiger partial charge in [0.2, 0.25) is 12.2 Å². The van der Waals surface area contributed by atoms with E-state index in [2.05, 4.69) is 0 Å². The topological polar surface area (TPSA) is 200 Å². The third-order valence-corrected chi connectivity index (χ3v) is 5.73. The fourth-order valence-electron chi connectivity index (χ4n) is 3.79. The monoisotopic (exact) mass is 538 g/mol. The lowest BCUT2D eigenvalue weighted by molar-refractivity contribution is -0.160. The Kier molecular flexibility index (Phi) is 7.47. The zero-order chi connectivity index (χ0) is 28.3. The molecule has 0 aromatic heterocycles. The van der Waals surface area contributed by atoms with E-state index in [0.29, 0.717) is 11.1 Å². The largest absolute Gasteiger partial charge is 0.504 e. The van der Waals surface area contributed by atoms with Crippen LogP contribution in [-0.4, -0.2) is 60.8 Å². The first-order chi connectivity index (χ1) is 18.5. The van der Waals surface area contributed by atoms with Crippen LogP contribution < -0.4 is 9.47 Å². The maximum Gasteiger partial charge on any atom is 0.349 e. The average molecular weight is 538 g/mol. The molecule has 12 heteroatoms. The number of hydrogen-bond donors (Lipinski definition) is 6. The lowest BCUT2D eigenvalue weighted by atomic mass is 10.0. The molecule has 0 spiro atoms. The predicted octanol–water partition coefficient (Wildman–Crippen LogP) is 2.73. The maximum absolute atomic E-state index is 12.3. The van der Waals surface area contributed by atoms with E-state index >= 15 is 0 Å². The standard InChI is InChI=1S/C27H22O12/c28-16-5-1-14(9-18(16)30)11-22(26(33)34)37-23(32)8-3-13-2-7-20-21(10-13)39-25(27(35)36)24(38-20)15-4-6-17(29)19(31)12-15/h1-10,12,22,24-25,28-31H,11H2,(H,33,34)(H,35,36)/b8-3+/t22-,24-,25-/m1/s1. The molecule has 1 aliphatic heterocycles. The molecule has 0 fully saturated rings. The van der Waals surface area contributed by atoms with E-state index in [1.54, 1.807) is 0 Å². The van der Waals surface area contributed by atoms with Crippen LogP contribution in [0.15, 0.2) is 60.7 Å². The number of carboxylic acid groups (broad SMARTS) is 2. The molecule has 202 valence electrons. The van der Waals surface area contributed by atoms with Gasteiger partial charge in [-0.1, -0.05) is 18.2 Å². The Hall–Kier alpha value is -5.39. The van der Waals surface area contributed by atoms with Crippen LogP contribution >= 0.6 is 0 Å². The van der Waals surface area contributed by atoms with E-state index in [9.17, 15) is 45.0 Å². The summed E-state index contributed by atoms with van der Waals surface area (Å²) in [5, 5.41) is 57.3. The summed E-state index contributed by atoms with van der Waals surface area (Å²) in [5.74, 6) is -5.15. The van der Waals surface area contributed by atoms with Gasteiger partial charge in [-0.05, 0) is 53.6 Å². The van der Waals surface area contributed by atoms with E-state index in [1.165, 1.54) is 54.6 Å². The molecule has 3 atom stereocenters. The van der Waals surface area contributed by atoms with Crippen molar-refractivity contribution in [2.45, 2.75) is 24.7 Å². The van der Waals surface area contributed by atoms with Crippen molar-refractivity contribution in [1.82, 2.24) is 0 Å². The number of fused-ring (bicyclic) bond motifs is 1. The molecule has 1 heterocycles. The molecule has 0 bridgehead atoms. The van der Waals surface area contributed by atoms with Crippen LogP contribution in [0.3, 0.4) is 0 Å². The van der Waals surface area contributed by atoms with Gasteiger partial charge in [-0.25, -0.2) is 14.4 Å². The first-order valence-corrected chi connectivity index (χ1v) is 11.4. The van der Waals surface area contributed by atoms with E-state index in [4.69, 9.17) is 14.2 Å². The first kappa shape index (κ1) is 26.7. The number of ether oxygens (including phenoxy) is 3. The Morgan fingerprint density at radius 3 is 2.15 bits per heavy atom. The quantitative estimate of drug-likeness (QED) is 0.139. The first-order valence-electron chi connectivity index (χ1n) is 11.4. The van der Waals surface area contributed by atoms with Crippen molar-refractivity contribution < 1.29 is 59.2 Å².